The van der Waals surface area contributed by atoms with Crippen LogP contribution in [0.1, 0.15) is 50.2 Å². The molecule has 8 N–H and O–H groups in total. The van der Waals surface area contributed by atoms with Crippen molar-refractivity contribution >= 4 is 29.2 Å². The molecule has 226 valence electrons. The Morgan fingerprint density at radius 2 is 1.71 bits per heavy atom. The zero-order valence-corrected chi connectivity index (χ0v) is 23.5. The van der Waals surface area contributed by atoms with E-state index in [0.717, 1.165) is 0 Å². The zero-order valence-electron chi connectivity index (χ0n) is 23.5. The Labute approximate surface area is 241 Å². The van der Waals surface area contributed by atoms with Gasteiger partial charge in [-0.3, -0.25) is 29.4 Å². The van der Waals surface area contributed by atoms with Gasteiger partial charge in [-0.1, -0.05) is 25.0 Å². The molecule has 1 aromatic rings. The maximum Gasteiger partial charge on any atom is 0.323 e. The highest BCUT2D eigenvalue weighted by atomic mass is 16.4. The topological polar surface area (TPSA) is 217 Å². The van der Waals surface area contributed by atoms with Crippen LogP contribution in [0.5, 0.6) is 5.75 Å². The van der Waals surface area contributed by atoms with Gasteiger partial charge in [0.2, 0.25) is 5.78 Å². The van der Waals surface area contributed by atoms with E-state index in [4.69, 9.17) is 0 Å². The molecule has 5 atom stereocenters. The number of hydrogen-bond donors (Lipinski definition) is 8. The molecule has 1 amide bonds. The van der Waals surface area contributed by atoms with Crippen LogP contribution in [0.15, 0.2) is 35.1 Å². The van der Waals surface area contributed by atoms with Gasteiger partial charge < -0.3 is 36.0 Å². The van der Waals surface area contributed by atoms with E-state index in [2.05, 4.69) is 10.6 Å². The molecule has 5 rings (SSSR count). The second-order valence-corrected chi connectivity index (χ2v) is 12.0. The molecule has 2 fully saturated rings. The first-order valence-electron chi connectivity index (χ1n) is 13.8. The lowest BCUT2D eigenvalue weighted by molar-refractivity contribution is -0.159. The van der Waals surface area contributed by atoms with Crippen LogP contribution >= 0.6 is 0 Å². The highest BCUT2D eigenvalue weighted by molar-refractivity contribution is 6.25. The molecule has 0 unspecified atom stereocenters. The number of ketones is 2. The van der Waals surface area contributed by atoms with E-state index in [-0.39, 0.29) is 24.2 Å². The van der Waals surface area contributed by atoms with Gasteiger partial charge in [-0.25, -0.2) is 0 Å². The molecular weight excluding hydrogens is 550 g/mol. The number of aliphatic hydroxyl groups is 4. The number of rotatable bonds is 6. The maximum atomic E-state index is 14.1. The number of fused-ring (bicyclic) bond motifs is 3. The Morgan fingerprint density at radius 1 is 1.07 bits per heavy atom. The quantitative estimate of drug-likeness (QED) is 0.166. The number of likely N-dealkylation sites (N-methyl/N-ethyl adjacent to an activating group) is 1. The molecule has 0 spiro atoms. The van der Waals surface area contributed by atoms with Crippen LogP contribution in [0.3, 0.4) is 0 Å². The minimum atomic E-state index is -2.84. The summed E-state index contributed by atoms with van der Waals surface area (Å²) < 4.78 is 0. The number of phenolic OH excluding ortho intramolecular Hbond substituents is 1. The van der Waals surface area contributed by atoms with Crippen LogP contribution in [0.25, 0.3) is 5.76 Å². The van der Waals surface area contributed by atoms with E-state index in [1.165, 1.54) is 44.1 Å². The SMILES string of the molecule is CN(C)[C@@H]1C(=O)C(C(=O)NCNC2(C(=O)O)CCCC2)=C(O)[C@@]2(O)C(=O)C3=C(O)c4c(O)cccc4[C@@](C)(O)[C@H]3C[C@@H]12. The molecule has 0 bridgehead atoms. The van der Waals surface area contributed by atoms with Crippen molar-refractivity contribution in [1.29, 1.82) is 0 Å². The van der Waals surface area contributed by atoms with Gasteiger partial charge in [-0.05, 0) is 51.9 Å². The van der Waals surface area contributed by atoms with Gasteiger partial charge in [0.1, 0.15) is 28.4 Å². The lowest BCUT2D eigenvalue weighted by atomic mass is 9.54. The number of carbonyl (C=O) groups is 4. The zero-order chi connectivity index (χ0) is 30.9. The minimum absolute atomic E-state index is 0.143. The predicted octanol–water partition coefficient (Wildman–Crippen LogP) is 0.204. The number of nitrogens with zero attached hydrogens (tertiary/aromatic N) is 1. The number of hydrogen-bond acceptors (Lipinski definition) is 11. The number of aromatic hydroxyl groups is 1. The fourth-order valence-electron chi connectivity index (χ4n) is 7.31. The number of benzene rings is 1. The van der Waals surface area contributed by atoms with Crippen molar-refractivity contribution in [2.75, 3.05) is 20.8 Å². The lowest BCUT2D eigenvalue weighted by Crippen LogP contribution is -2.67. The van der Waals surface area contributed by atoms with Gasteiger partial charge >= 0.3 is 5.97 Å². The predicted molar refractivity (Wildman–Crippen MR) is 146 cm³/mol. The van der Waals surface area contributed by atoms with E-state index in [1.807, 2.05) is 0 Å². The molecule has 1 aromatic carbocycles. The van der Waals surface area contributed by atoms with Crippen LogP contribution < -0.4 is 10.6 Å². The van der Waals surface area contributed by atoms with Crippen molar-refractivity contribution in [3.63, 3.8) is 0 Å². The Morgan fingerprint density at radius 3 is 2.31 bits per heavy atom. The molecule has 0 radical (unpaired) electrons. The average molecular weight is 586 g/mol. The molecule has 0 heterocycles. The monoisotopic (exact) mass is 585 g/mol. The summed E-state index contributed by atoms with van der Waals surface area (Å²) in [5.74, 6) is -9.08. The summed E-state index contributed by atoms with van der Waals surface area (Å²) in [6, 6.07) is 2.91. The summed E-state index contributed by atoms with van der Waals surface area (Å²) in [4.78, 5) is 54.4. The Kier molecular flexibility index (Phi) is 7.00. The van der Waals surface area contributed by atoms with Gasteiger partial charge in [-0.15, -0.1) is 0 Å². The third-order valence-electron chi connectivity index (χ3n) is 9.54. The number of carboxylic acid groups (broad SMARTS) is 1. The first-order chi connectivity index (χ1) is 19.6. The first-order valence-corrected chi connectivity index (χ1v) is 13.8. The van der Waals surface area contributed by atoms with E-state index < -0.39 is 86.5 Å². The van der Waals surface area contributed by atoms with E-state index in [9.17, 15) is 49.8 Å². The molecule has 0 aliphatic heterocycles. The molecule has 4 aliphatic carbocycles. The minimum Gasteiger partial charge on any atom is -0.508 e. The third-order valence-corrected chi connectivity index (χ3v) is 9.54. The van der Waals surface area contributed by atoms with Crippen molar-refractivity contribution in [2.24, 2.45) is 11.8 Å². The van der Waals surface area contributed by atoms with Crippen molar-refractivity contribution in [3.05, 3.63) is 46.2 Å². The summed E-state index contributed by atoms with van der Waals surface area (Å²) in [7, 11) is 3.00. The second kappa shape index (κ2) is 9.90. The highest BCUT2D eigenvalue weighted by Gasteiger charge is 2.66. The largest absolute Gasteiger partial charge is 0.508 e. The van der Waals surface area contributed by atoms with Crippen molar-refractivity contribution in [3.8, 4) is 5.75 Å². The number of carbonyl (C=O) groups excluding carboxylic acids is 3. The molecule has 0 aromatic heterocycles. The maximum absolute atomic E-state index is 14.1. The summed E-state index contributed by atoms with van der Waals surface area (Å²) >= 11 is 0. The molecule has 13 nitrogen and oxygen atoms in total. The lowest BCUT2D eigenvalue weighted by Gasteiger charge is -2.53. The normalized spacial score (nSPS) is 32.0. The Balaban J connectivity index is 1.57. The molecule has 13 heteroatoms. The van der Waals surface area contributed by atoms with Crippen LogP contribution in [0, 0.1) is 11.8 Å². The smallest absolute Gasteiger partial charge is 0.323 e. The van der Waals surface area contributed by atoms with Gasteiger partial charge in [0.05, 0.1) is 23.9 Å². The van der Waals surface area contributed by atoms with Crippen molar-refractivity contribution in [1.82, 2.24) is 15.5 Å². The number of Topliss-reactive ketones (excluding diaryl/α,β-unsaturated/α-hetero) is 2. The first kappa shape index (κ1) is 29.7. The second-order valence-electron chi connectivity index (χ2n) is 12.0. The number of aliphatic carboxylic acids is 1. The summed E-state index contributed by atoms with van der Waals surface area (Å²) in [6.07, 6.45) is 1.78. The van der Waals surface area contributed by atoms with E-state index in [1.54, 1.807) is 0 Å². The fraction of sp³-hybridized carbons (Fsp3) is 0.517. The third kappa shape index (κ3) is 3.98. The van der Waals surface area contributed by atoms with Crippen LogP contribution in [-0.4, -0.2) is 96.9 Å². The average Bonchev–Trinajstić information content (AvgIpc) is 3.39. The van der Waals surface area contributed by atoms with Gasteiger partial charge in [0.15, 0.2) is 11.4 Å². The van der Waals surface area contributed by atoms with Crippen LogP contribution in [-0.2, 0) is 24.8 Å². The van der Waals surface area contributed by atoms with E-state index >= 15 is 0 Å². The van der Waals surface area contributed by atoms with E-state index in [0.29, 0.717) is 25.7 Å². The van der Waals surface area contributed by atoms with Crippen LogP contribution in [0.2, 0.25) is 0 Å². The van der Waals surface area contributed by atoms with Gasteiger partial charge in [0.25, 0.3) is 5.91 Å². The summed E-state index contributed by atoms with van der Waals surface area (Å²) in [5.41, 5.74) is -7.30. The fourth-order valence-corrected chi connectivity index (χ4v) is 7.31. The van der Waals surface area contributed by atoms with Gasteiger partial charge in [0, 0.05) is 17.4 Å². The number of carboxylic acids is 1. The highest BCUT2D eigenvalue weighted by Crippen LogP contribution is 2.57. The molecule has 4 aliphatic rings. The van der Waals surface area contributed by atoms with Crippen molar-refractivity contribution < 1.29 is 49.8 Å². The summed E-state index contributed by atoms with van der Waals surface area (Å²) in [5, 5.41) is 71.4. The molecule has 2 saturated carbocycles. The van der Waals surface area contributed by atoms with Crippen molar-refractivity contribution in [2.45, 2.75) is 61.8 Å². The number of amides is 1. The summed E-state index contributed by atoms with van der Waals surface area (Å²) in [6.45, 7) is 1.02. The number of phenols is 1. The molecular formula is C29H35N3O10. The molecule has 42 heavy (non-hydrogen) atoms. The van der Waals surface area contributed by atoms with Crippen LogP contribution in [0.4, 0.5) is 0 Å². The number of aliphatic hydroxyl groups excluding tert-OH is 2. The molecule has 0 saturated heterocycles. The standard InChI is InChI=1S/C29H35N3O10/c1-27(41)13-7-6-8-16(33)17(13)21(34)18-14(27)11-15-20(32(2)3)22(35)19(24(37)29(15,42)23(18)36)25(38)30-12-31-28(26(39)40)9-4-5-10-28/h6-8,14-15,20,31,33-34,37,41-42H,4-5,9-12H2,1-3H3,(H,30,38)(H,39,40)/t14-,15-,20-,27+,29-/m0/s1. The van der Waals surface area contributed by atoms with Gasteiger partial charge in [-0.2, -0.15) is 0 Å². The number of nitrogens with one attached hydrogen (secondary N) is 2. The Bertz CT molecular complexity index is 1460. The Hall–Kier alpha value is -3.78.